The van der Waals surface area contributed by atoms with Crippen molar-refractivity contribution < 1.29 is 56.5 Å². The number of aromatic nitrogens is 5. The average Bonchev–Trinajstić information content (AvgIpc) is 3.61. The zero-order valence-electron chi connectivity index (χ0n) is 33.5. The molecule has 0 spiro atoms. The summed E-state index contributed by atoms with van der Waals surface area (Å²) in [6, 6.07) is 5.00. The topological polar surface area (TPSA) is 244 Å². The summed E-state index contributed by atoms with van der Waals surface area (Å²) in [4.78, 5) is 62.6. The molecule has 2 unspecified atom stereocenters. The Morgan fingerprint density at radius 2 is 1.57 bits per heavy atom. The van der Waals surface area contributed by atoms with Gasteiger partial charge in [-0.2, -0.15) is 18.1 Å². The standard InChI is InChI=1S/C15H18Cl2N2O3.C13H10Cl2F3N3O3.C3H8NO5P.C3H9S/c1-8(2)21-12-7-11(9(16)6-10(12)17)19-14(20)22-13(18-19)15(3,4)5;1-5-19-21(13(24)20(5)12(17)18)10-3-6(2-8(15)11(22)23)7(14)4-9(10)16;5-3(6)1-4-2-10(7,8)9;1-4(2)3/h6-8H,1-5H3;3-4,8,12H,2H2,1H3,(H,22,23);4H,1-2H2,(H,5,6)(H2,7,8,9);1-3H3/q;;;+1/p-1. The van der Waals surface area contributed by atoms with Gasteiger partial charge in [0.05, 0.1) is 53.4 Å². The second-order valence-corrected chi connectivity index (χ2v) is 19.7. The maximum atomic E-state index is 14.1. The van der Waals surface area contributed by atoms with Crippen molar-refractivity contribution in [3.05, 3.63) is 83.5 Å². The largest absolute Gasteiger partial charge is 0.778 e. The van der Waals surface area contributed by atoms with Crippen LogP contribution in [0, 0.1) is 12.7 Å². The van der Waals surface area contributed by atoms with Crippen LogP contribution in [0.2, 0.25) is 15.1 Å². The maximum Gasteiger partial charge on any atom is 0.442 e. The number of benzene rings is 2. The van der Waals surface area contributed by atoms with Crippen LogP contribution < -0.4 is 26.4 Å². The maximum absolute atomic E-state index is 14.1. The second-order valence-electron chi connectivity index (χ2n) is 13.9. The monoisotopic (exact) mass is 972 g/mol. The lowest BCUT2D eigenvalue weighted by Crippen LogP contribution is -2.25. The molecule has 2 heterocycles. The molecule has 0 fully saturated rings. The van der Waals surface area contributed by atoms with Crippen LogP contribution in [-0.2, 0) is 36.9 Å². The molecule has 17 nitrogen and oxygen atoms in total. The van der Waals surface area contributed by atoms with Gasteiger partial charge in [-0.15, -0.1) is 21.8 Å². The average molecular weight is 975 g/mol. The van der Waals surface area contributed by atoms with E-state index in [9.17, 15) is 41.8 Å². The SMILES string of the molecule is CC(C)Oc1cc(-n2nc(C(C)(C)C)oc2=O)c(Cl)cc1Cl.C[S+](C)C.Cc1nn(-c2cc(CC(Cl)C(=O)O)c(Cl)cc2F)c(=O)n1C(F)F.O=C(O)CNCP(=O)([O-])O. The first-order chi connectivity index (χ1) is 27.4. The number of halogens is 7. The van der Waals surface area contributed by atoms with Crippen LogP contribution >= 0.6 is 54.0 Å². The summed E-state index contributed by atoms with van der Waals surface area (Å²) in [6.07, 6.45) is 5.55. The number of carboxylic acid groups (broad SMARTS) is 2. The number of carboxylic acids is 2. The fraction of sp³-hybridized carbons (Fsp3) is 0.471. The van der Waals surface area contributed by atoms with Crippen molar-refractivity contribution in [2.75, 3.05) is 31.6 Å². The molecule has 4 rings (SSSR count). The van der Waals surface area contributed by atoms with E-state index in [2.05, 4.69) is 29.0 Å². The quantitative estimate of drug-likeness (QED) is 0.0763. The molecule has 0 saturated heterocycles. The highest BCUT2D eigenvalue weighted by Gasteiger charge is 2.25. The van der Waals surface area contributed by atoms with Gasteiger partial charge in [0.25, 0.3) is 0 Å². The molecule has 0 amide bonds. The lowest BCUT2D eigenvalue weighted by Gasteiger charge is -2.14. The molecule has 2 atom stereocenters. The van der Waals surface area contributed by atoms with Gasteiger partial charge in [0.1, 0.15) is 30.2 Å². The lowest BCUT2D eigenvalue weighted by atomic mass is 9.97. The number of carbonyl (C=O) groups is 2. The lowest BCUT2D eigenvalue weighted by molar-refractivity contribution is -0.193. The zero-order valence-corrected chi connectivity index (χ0v) is 38.2. The van der Waals surface area contributed by atoms with Gasteiger partial charge in [-0.3, -0.25) is 14.9 Å². The normalized spacial score (nSPS) is 12.8. The van der Waals surface area contributed by atoms with Crippen LogP contribution in [0.3, 0.4) is 0 Å². The highest BCUT2D eigenvalue weighted by Crippen LogP contribution is 2.34. The first-order valence-corrected chi connectivity index (χ1v) is 22.7. The third-order valence-electron chi connectivity index (χ3n) is 6.56. The molecule has 0 saturated carbocycles. The number of nitrogens with one attached hydrogen (secondary N) is 1. The van der Waals surface area contributed by atoms with E-state index in [1.54, 1.807) is 6.07 Å². The number of aliphatic carboxylic acids is 2. The van der Waals surface area contributed by atoms with Gasteiger partial charge in [0.15, 0.2) is 5.82 Å². The summed E-state index contributed by atoms with van der Waals surface area (Å²) in [6.45, 7) is 7.01. The van der Waals surface area contributed by atoms with Gasteiger partial charge < -0.3 is 33.7 Å². The van der Waals surface area contributed by atoms with Crippen LogP contribution in [0.4, 0.5) is 13.2 Å². The zero-order chi connectivity index (χ0) is 46.6. The van der Waals surface area contributed by atoms with Crippen molar-refractivity contribution in [3.63, 3.8) is 0 Å². The molecule has 60 heavy (non-hydrogen) atoms. The van der Waals surface area contributed by atoms with Gasteiger partial charge in [0, 0.05) is 22.9 Å². The van der Waals surface area contributed by atoms with E-state index in [1.165, 1.54) is 6.07 Å². The number of rotatable bonds is 12. The highest BCUT2D eigenvalue weighted by atomic mass is 35.5. The Kier molecular flexibility index (Phi) is 21.5. The number of nitrogens with zero attached hydrogens (tertiary/aromatic N) is 5. The van der Waals surface area contributed by atoms with Crippen molar-refractivity contribution in [2.45, 2.75) is 71.4 Å². The molecule has 26 heteroatoms. The van der Waals surface area contributed by atoms with Crippen LogP contribution in [0.15, 0.2) is 38.3 Å². The fourth-order valence-corrected chi connectivity index (χ4v) is 5.40. The first-order valence-electron chi connectivity index (χ1n) is 16.9. The van der Waals surface area contributed by atoms with Crippen molar-refractivity contribution >= 4 is 76.8 Å². The number of alkyl halides is 3. The summed E-state index contributed by atoms with van der Waals surface area (Å²) in [5, 5.41) is 25.8. The van der Waals surface area contributed by atoms with E-state index < -0.39 is 67.2 Å². The first kappa shape index (κ1) is 54.5. The predicted octanol–water partition coefficient (Wildman–Crippen LogP) is 5.64. The van der Waals surface area contributed by atoms with E-state index >= 15 is 0 Å². The molecule has 0 radical (unpaired) electrons. The summed E-state index contributed by atoms with van der Waals surface area (Å²) >= 11 is 23.8. The van der Waals surface area contributed by atoms with Gasteiger partial charge in [-0.1, -0.05) is 55.6 Å². The Morgan fingerprint density at radius 1 is 1.00 bits per heavy atom. The highest BCUT2D eigenvalue weighted by molar-refractivity contribution is 7.94. The smallest absolute Gasteiger partial charge is 0.442 e. The van der Waals surface area contributed by atoms with Crippen molar-refractivity contribution in [1.29, 1.82) is 0 Å². The molecule has 0 aliphatic heterocycles. The molecule has 336 valence electrons. The summed E-state index contributed by atoms with van der Waals surface area (Å²) < 4.78 is 62.2. The molecule has 2 aromatic heterocycles. The molecular weight excluding hydrogens is 930 g/mol. The minimum atomic E-state index is -4.35. The van der Waals surface area contributed by atoms with Crippen molar-refractivity contribution in [1.82, 2.24) is 29.4 Å². The Labute approximate surface area is 364 Å². The van der Waals surface area contributed by atoms with Gasteiger partial charge in [0.2, 0.25) is 5.89 Å². The van der Waals surface area contributed by atoms with Crippen LogP contribution in [0.1, 0.15) is 58.4 Å². The summed E-state index contributed by atoms with van der Waals surface area (Å²) in [5.74, 6) is -3.62. The molecule has 0 aliphatic carbocycles. The number of hydrogen-bond acceptors (Lipinski definition) is 11. The Balaban J connectivity index is 0.000000460. The van der Waals surface area contributed by atoms with Crippen LogP contribution in [-0.4, -0.2) is 94.3 Å². The minimum absolute atomic E-state index is 0.0642. The van der Waals surface area contributed by atoms with Crippen molar-refractivity contribution in [3.8, 4) is 17.1 Å². The van der Waals surface area contributed by atoms with E-state index in [0.717, 1.165) is 23.7 Å². The molecule has 4 aromatic rings. The second kappa shape index (κ2) is 23.6. The van der Waals surface area contributed by atoms with Gasteiger partial charge in [-0.25, -0.2) is 18.5 Å². The molecule has 0 aliphatic rings. The van der Waals surface area contributed by atoms with Crippen LogP contribution in [0.25, 0.3) is 11.4 Å². The van der Waals surface area contributed by atoms with Gasteiger partial charge >= 0.3 is 29.9 Å². The van der Waals surface area contributed by atoms with Gasteiger partial charge in [-0.05, 0) is 55.4 Å². The Morgan fingerprint density at radius 3 is 2.00 bits per heavy atom. The Hall–Kier alpha value is -3.53. The molecule has 0 bridgehead atoms. The van der Waals surface area contributed by atoms with Crippen molar-refractivity contribution in [2.24, 2.45) is 0 Å². The third-order valence-corrected chi connectivity index (χ3v) is 8.47. The van der Waals surface area contributed by atoms with E-state index in [4.69, 9.17) is 70.7 Å². The molecule has 4 N–H and O–H groups in total. The summed E-state index contributed by atoms with van der Waals surface area (Å²) in [5.41, 5.74) is -1.57. The number of ether oxygens (including phenoxy) is 1. The Bertz CT molecular complexity index is 2260. The fourth-order valence-electron chi connectivity index (χ4n) is 4.10. The molecular formula is C34H44Cl4F3N6O11PS. The summed E-state index contributed by atoms with van der Waals surface area (Å²) in [7, 11) is -3.71. The van der Waals surface area contributed by atoms with Crippen LogP contribution in [0.5, 0.6) is 5.75 Å². The van der Waals surface area contributed by atoms with E-state index in [0.29, 0.717) is 37.9 Å². The number of hydrogen-bond donors (Lipinski definition) is 4. The number of aryl methyl sites for hydroxylation is 1. The van der Waals surface area contributed by atoms with E-state index in [1.807, 2.05) is 39.9 Å². The predicted molar refractivity (Wildman–Crippen MR) is 222 cm³/mol. The van der Waals surface area contributed by atoms with E-state index in [-0.39, 0.29) is 43.9 Å². The third kappa shape index (κ3) is 17.8. The molecule has 2 aromatic carbocycles. The minimum Gasteiger partial charge on any atom is -0.778 e.